The average Bonchev–Trinajstić information content (AvgIpc) is 2.47. The van der Waals surface area contributed by atoms with Crippen molar-refractivity contribution in [2.75, 3.05) is 5.32 Å². The van der Waals surface area contributed by atoms with Crippen LogP contribution in [-0.2, 0) is 4.74 Å². The van der Waals surface area contributed by atoms with Crippen molar-refractivity contribution < 1.29 is 9.53 Å². The van der Waals surface area contributed by atoms with E-state index >= 15 is 0 Å². The number of carbonyl (C=O) groups excluding carboxylic acids is 1. The van der Waals surface area contributed by atoms with E-state index in [1.54, 1.807) is 30.3 Å². The number of aryl methyl sites for hydroxylation is 1. The van der Waals surface area contributed by atoms with Crippen molar-refractivity contribution in [2.45, 2.75) is 6.92 Å². The lowest BCUT2D eigenvalue weighted by molar-refractivity contribution is 0.100. The van der Waals surface area contributed by atoms with Gasteiger partial charge in [-0.3, -0.25) is 4.79 Å². The number of anilines is 1. The number of nitrogens with two attached hydrogens (primary N) is 1. The molecular weight excluding hydrogens is 298 g/mol. The van der Waals surface area contributed by atoms with Crippen LogP contribution in [0.5, 0.6) is 0 Å². The van der Waals surface area contributed by atoms with E-state index in [1.807, 2.05) is 31.2 Å². The Morgan fingerprint density at radius 3 is 2.59 bits per heavy atom. The van der Waals surface area contributed by atoms with Gasteiger partial charge in [0.1, 0.15) is 0 Å². The van der Waals surface area contributed by atoms with Gasteiger partial charge >= 0.3 is 0 Å². The van der Waals surface area contributed by atoms with Gasteiger partial charge in [0.05, 0.1) is 0 Å². The molecule has 0 aliphatic carbocycles. The van der Waals surface area contributed by atoms with E-state index in [0.29, 0.717) is 5.56 Å². The second-order valence-corrected chi connectivity index (χ2v) is 4.88. The summed E-state index contributed by atoms with van der Waals surface area (Å²) in [6.45, 7) is 1.96. The monoisotopic (exact) mass is 313 g/mol. The number of amidine groups is 1. The first kappa shape index (κ1) is 15.7. The van der Waals surface area contributed by atoms with Crippen LogP contribution in [0, 0.1) is 6.92 Å². The highest BCUT2D eigenvalue weighted by atomic mass is 32.1. The van der Waals surface area contributed by atoms with Gasteiger partial charge < -0.3 is 15.8 Å². The molecule has 0 fully saturated rings. The molecule has 0 saturated carbocycles. The quantitative estimate of drug-likeness (QED) is 0.506. The summed E-state index contributed by atoms with van der Waals surface area (Å²) >= 11 is 5.02. The van der Waals surface area contributed by atoms with E-state index in [2.05, 4.69) is 10.3 Å². The normalized spacial score (nSPS) is 10.9. The zero-order valence-corrected chi connectivity index (χ0v) is 12.8. The molecule has 0 unspecified atom stereocenters. The van der Waals surface area contributed by atoms with Crippen LogP contribution in [-0.4, -0.2) is 17.1 Å². The second kappa shape index (κ2) is 7.33. The van der Waals surface area contributed by atoms with Gasteiger partial charge in [-0.1, -0.05) is 30.3 Å². The van der Waals surface area contributed by atoms with E-state index in [1.165, 1.54) is 0 Å². The van der Waals surface area contributed by atoms with Gasteiger partial charge in [0.15, 0.2) is 0 Å². The third-order valence-corrected chi connectivity index (χ3v) is 2.88. The summed E-state index contributed by atoms with van der Waals surface area (Å²) in [6, 6.07) is 15.8. The highest BCUT2D eigenvalue weighted by Crippen LogP contribution is 2.09. The molecule has 0 heterocycles. The summed E-state index contributed by atoms with van der Waals surface area (Å²) in [4.78, 5) is 15.5. The number of ether oxygens (including phenoxy) is 1. The number of rotatable bonds is 2. The number of hydrogen-bond acceptors (Lipinski definition) is 3. The molecule has 2 aromatic carbocycles. The summed E-state index contributed by atoms with van der Waals surface area (Å²) in [7, 11) is 0. The van der Waals surface area contributed by atoms with Gasteiger partial charge in [0.25, 0.3) is 17.1 Å². The second-order valence-electron chi connectivity index (χ2n) is 4.51. The van der Waals surface area contributed by atoms with Gasteiger partial charge in [-0.15, -0.1) is 0 Å². The summed E-state index contributed by atoms with van der Waals surface area (Å²) in [5.41, 5.74) is 7.85. The van der Waals surface area contributed by atoms with E-state index in [4.69, 9.17) is 22.7 Å². The minimum atomic E-state index is -0.489. The molecule has 22 heavy (non-hydrogen) atoms. The third-order valence-electron chi connectivity index (χ3n) is 2.69. The van der Waals surface area contributed by atoms with E-state index in [-0.39, 0.29) is 11.2 Å². The Bertz CT molecular complexity index is 714. The number of thiocarbonyl (C=S) groups is 1. The zero-order valence-electron chi connectivity index (χ0n) is 11.9. The van der Waals surface area contributed by atoms with Gasteiger partial charge in [-0.25, -0.2) is 0 Å². The Balaban J connectivity index is 1.96. The molecule has 6 heteroatoms. The molecule has 2 rings (SSSR count). The molecule has 0 radical (unpaired) electrons. The molecule has 2 aromatic rings. The summed E-state index contributed by atoms with van der Waals surface area (Å²) in [5.74, 6) is -0.489. The summed E-state index contributed by atoms with van der Waals surface area (Å²) in [5, 5.41) is 2.88. The maximum absolute atomic E-state index is 11.8. The number of nitrogens with one attached hydrogen (secondary N) is 1. The molecule has 3 N–H and O–H groups in total. The van der Waals surface area contributed by atoms with Crippen LogP contribution in [0.1, 0.15) is 15.9 Å². The van der Waals surface area contributed by atoms with Crippen LogP contribution >= 0.6 is 12.2 Å². The Kier molecular flexibility index (Phi) is 5.21. The highest BCUT2D eigenvalue weighted by Gasteiger charge is 2.07. The SMILES string of the molecule is Cc1cccc(NC(=S)OC(N)=NC(=O)c2ccccc2)c1. The predicted molar refractivity (Wildman–Crippen MR) is 90.9 cm³/mol. The largest absolute Gasteiger partial charge is 0.398 e. The average molecular weight is 313 g/mol. The molecule has 0 atom stereocenters. The van der Waals surface area contributed by atoms with Crippen molar-refractivity contribution in [3.05, 3.63) is 65.7 Å². The molecule has 0 aromatic heterocycles. The molecule has 0 aliphatic rings. The molecule has 0 saturated heterocycles. The van der Waals surface area contributed by atoms with Crippen molar-refractivity contribution in [1.82, 2.24) is 0 Å². The lowest BCUT2D eigenvalue weighted by atomic mass is 10.2. The number of benzene rings is 2. The number of carbonyl (C=O) groups is 1. The smallest absolute Gasteiger partial charge is 0.297 e. The van der Waals surface area contributed by atoms with E-state index in [0.717, 1.165) is 11.3 Å². The Labute approximate surface area is 133 Å². The Morgan fingerprint density at radius 1 is 1.18 bits per heavy atom. The van der Waals surface area contributed by atoms with Crippen molar-refractivity contribution in [2.24, 2.45) is 10.7 Å². The lowest BCUT2D eigenvalue weighted by Crippen LogP contribution is -2.25. The van der Waals surface area contributed by atoms with Gasteiger partial charge in [0, 0.05) is 11.3 Å². The van der Waals surface area contributed by atoms with Gasteiger partial charge in [-0.05, 0) is 49.0 Å². The van der Waals surface area contributed by atoms with E-state index in [9.17, 15) is 4.79 Å². The highest BCUT2D eigenvalue weighted by molar-refractivity contribution is 7.80. The molecule has 5 nitrogen and oxygen atoms in total. The van der Waals surface area contributed by atoms with Crippen LogP contribution < -0.4 is 11.1 Å². The standard InChI is InChI=1S/C16H15N3O2S/c1-11-6-5-9-13(10-11)18-16(22)21-15(17)19-14(20)12-7-3-2-4-8-12/h2-10H,1H3,(H,18,22)(H2,17,19,20). The van der Waals surface area contributed by atoms with Crippen LogP contribution in [0.2, 0.25) is 0 Å². The molecule has 112 valence electrons. The number of hydrogen-bond donors (Lipinski definition) is 2. The lowest BCUT2D eigenvalue weighted by Gasteiger charge is -2.08. The Hall–Kier alpha value is -2.73. The number of amides is 1. The topological polar surface area (TPSA) is 76.7 Å². The van der Waals surface area contributed by atoms with Crippen molar-refractivity contribution in [1.29, 1.82) is 0 Å². The van der Waals surface area contributed by atoms with Crippen LogP contribution in [0.4, 0.5) is 5.69 Å². The first-order valence-electron chi connectivity index (χ1n) is 6.53. The summed E-state index contributed by atoms with van der Waals surface area (Å²) in [6.07, 6.45) is 0. The Morgan fingerprint density at radius 2 is 1.91 bits per heavy atom. The molecule has 0 bridgehead atoms. The molecule has 0 aliphatic heterocycles. The minimum absolute atomic E-state index is 0.0210. The van der Waals surface area contributed by atoms with Crippen LogP contribution in [0.3, 0.4) is 0 Å². The number of nitrogens with zero attached hydrogens (tertiary/aromatic N) is 1. The molecular formula is C16H15N3O2S. The van der Waals surface area contributed by atoms with Crippen LogP contribution in [0.25, 0.3) is 0 Å². The van der Waals surface area contributed by atoms with Gasteiger partial charge in [-0.2, -0.15) is 4.99 Å². The number of aliphatic imine (C=N–C) groups is 1. The third kappa shape index (κ3) is 4.68. The summed E-state index contributed by atoms with van der Waals surface area (Å²) < 4.78 is 5.11. The maximum atomic E-state index is 11.8. The first-order valence-corrected chi connectivity index (χ1v) is 6.94. The molecule has 0 spiro atoms. The van der Waals surface area contributed by atoms with Gasteiger partial charge in [0.2, 0.25) is 0 Å². The zero-order chi connectivity index (χ0) is 15.9. The van der Waals surface area contributed by atoms with Crippen molar-refractivity contribution in [3.8, 4) is 0 Å². The molecule has 1 amide bonds. The predicted octanol–water partition coefficient (Wildman–Crippen LogP) is 2.86. The fourth-order valence-electron chi connectivity index (χ4n) is 1.73. The maximum Gasteiger partial charge on any atom is 0.297 e. The van der Waals surface area contributed by atoms with Crippen LogP contribution in [0.15, 0.2) is 59.6 Å². The van der Waals surface area contributed by atoms with E-state index < -0.39 is 5.91 Å². The van der Waals surface area contributed by atoms with Crippen molar-refractivity contribution in [3.63, 3.8) is 0 Å². The van der Waals surface area contributed by atoms with Crippen molar-refractivity contribution >= 4 is 35.0 Å². The minimum Gasteiger partial charge on any atom is -0.398 e. The fraction of sp³-hybridized carbons (Fsp3) is 0.0625. The first-order chi connectivity index (χ1) is 10.5. The fourth-order valence-corrected chi connectivity index (χ4v) is 1.93.